The molecule has 2 heterocycles. The van der Waals surface area contributed by atoms with Crippen molar-refractivity contribution < 1.29 is 33.7 Å². The Morgan fingerprint density at radius 1 is 1.46 bits per heavy atom. The summed E-state index contributed by atoms with van der Waals surface area (Å²) >= 11 is 0. The van der Waals surface area contributed by atoms with Gasteiger partial charge in [-0.2, -0.15) is 0 Å². The van der Waals surface area contributed by atoms with Crippen LogP contribution in [0, 0.1) is 5.92 Å². The van der Waals surface area contributed by atoms with Gasteiger partial charge < -0.3 is 30.2 Å². The van der Waals surface area contributed by atoms with Gasteiger partial charge in [0, 0.05) is 6.20 Å². The van der Waals surface area contributed by atoms with Crippen molar-refractivity contribution >= 4 is 12.6 Å². The Labute approximate surface area is 157 Å². The van der Waals surface area contributed by atoms with Crippen LogP contribution in [0.4, 0.5) is 4.39 Å². The number of aromatic nitrogens is 2. The summed E-state index contributed by atoms with van der Waals surface area (Å²) in [4.78, 5) is 47.2. The van der Waals surface area contributed by atoms with Crippen LogP contribution in [-0.4, -0.2) is 69.2 Å². The molecular formula is C16H22FN3O8. The summed E-state index contributed by atoms with van der Waals surface area (Å²) in [5, 5.41) is 20.1. The zero-order chi connectivity index (χ0) is 21.3. The fourth-order valence-corrected chi connectivity index (χ4v) is 2.57. The number of nitrogens with two attached hydrogens (primary N) is 1. The SMILES string of the molecule is CC(C)[C@](N)(C=O)COC[C@@]1(F)O[C@@H](n2cc(C=O)c(=O)[nH]c2=O)[C@H](O)[C@@H]1O. The number of ether oxygens (including phenoxy) is 2. The predicted molar refractivity (Wildman–Crippen MR) is 91.3 cm³/mol. The first-order valence-corrected chi connectivity index (χ1v) is 8.35. The van der Waals surface area contributed by atoms with E-state index in [4.69, 9.17) is 15.2 Å². The van der Waals surface area contributed by atoms with Crippen LogP contribution in [0.15, 0.2) is 15.8 Å². The molecule has 1 aliphatic rings. The molecule has 0 spiro atoms. The van der Waals surface area contributed by atoms with E-state index in [0.29, 0.717) is 10.9 Å². The Kier molecular flexibility index (Phi) is 6.31. The summed E-state index contributed by atoms with van der Waals surface area (Å²) in [6, 6.07) is 0. The zero-order valence-electron chi connectivity index (χ0n) is 15.2. The fourth-order valence-electron chi connectivity index (χ4n) is 2.57. The van der Waals surface area contributed by atoms with Crippen LogP contribution in [-0.2, 0) is 14.3 Å². The average Bonchev–Trinajstić information content (AvgIpc) is 2.86. The molecule has 0 amide bonds. The number of hydrogen-bond donors (Lipinski definition) is 4. The van der Waals surface area contributed by atoms with Gasteiger partial charge in [0.15, 0.2) is 12.5 Å². The van der Waals surface area contributed by atoms with E-state index in [2.05, 4.69) is 0 Å². The molecule has 5 N–H and O–H groups in total. The lowest BCUT2D eigenvalue weighted by Gasteiger charge is -2.29. The van der Waals surface area contributed by atoms with Crippen LogP contribution in [0.2, 0.25) is 0 Å². The average molecular weight is 403 g/mol. The number of halogens is 1. The predicted octanol–water partition coefficient (Wildman–Crippen LogP) is -2.17. The summed E-state index contributed by atoms with van der Waals surface area (Å²) < 4.78 is 25.7. The summed E-state index contributed by atoms with van der Waals surface area (Å²) in [7, 11) is 0. The Hall–Kier alpha value is -2.25. The van der Waals surface area contributed by atoms with Crippen molar-refractivity contribution in [3.63, 3.8) is 0 Å². The van der Waals surface area contributed by atoms with Gasteiger partial charge in [-0.25, -0.2) is 9.18 Å². The van der Waals surface area contributed by atoms with Gasteiger partial charge in [-0.1, -0.05) is 13.8 Å². The van der Waals surface area contributed by atoms with Gasteiger partial charge in [0.25, 0.3) is 11.4 Å². The lowest BCUT2D eigenvalue weighted by atomic mass is 9.90. The normalized spacial score (nSPS) is 29.6. The molecule has 2 rings (SSSR count). The Morgan fingerprint density at radius 3 is 2.64 bits per heavy atom. The molecule has 156 valence electrons. The van der Waals surface area contributed by atoms with E-state index < -0.39 is 53.2 Å². The molecule has 0 radical (unpaired) electrons. The third-order valence-corrected chi connectivity index (χ3v) is 4.72. The first kappa shape index (κ1) is 22.0. The molecule has 1 fully saturated rings. The highest BCUT2D eigenvalue weighted by molar-refractivity contribution is 5.73. The quantitative estimate of drug-likeness (QED) is 0.352. The van der Waals surface area contributed by atoms with Crippen LogP contribution < -0.4 is 17.0 Å². The van der Waals surface area contributed by atoms with E-state index in [9.17, 15) is 29.4 Å². The minimum atomic E-state index is -2.94. The summed E-state index contributed by atoms with van der Waals surface area (Å²) in [6.07, 6.45) is -4.39. The monoisotopic (exact) mass is 403 g/mol. The van der Waals surface area contributed by atoms with Crippen LogP contribution in [0.1, 0.15) is 30.4 Å². The van der Waals surface area contributed by atoms with Crippen molar-refractivity contribution in [1.29, 1.82) is 0 Å². The van der Waals surface area contributed by atoms with Gasteiger partial charge in [-0.05, 0) is 5.92 Å². The van der Waals surface area contributed by atoms with Crippen molar-refractivity contribution in [1.82, 2.24) is 9.55 Å². The second-order valence-electron chi connectivity index (χ2n) is 6.98. The molecule has 1 saturated heterocycles. The number of aromatic amines is 1. The van der Waals surface area contributed by atoms with E-state index in [1.54, 1.807) is 13.8 Å². The van der Waals surface area contributed by atoms with Crippen LogP contribution in [0.3, 0.4) is 0 Å². The lowest BCUT2D eigenvalue weighted by Crippen LogP contribution is -2.52. The number of rotatable bonds is 8. The van der Waals surface area contributed by atoms with Gasteiger partial charge >= 0.3 is 5.69 Å². The summed E-state index contributed by atoms with van der Waals surface area (Å²) in [6.45, 7) is 2.04. The van der Waals surface area contributed by atoms with Crippen molar-refractivity contribution in [2.24, 2.45) is 11.7 Å². The van der Waals surface area contributed by atoms with Crippen molar-refractivity contribution in [3.8, 4) is 0 Å². The highest BCUT2D eigenvalue weighted by Gasteiger charge is 2.56. The molecule has 0 aromatic carbocycles. The maximum absolute atomic E-state index is 15.0. The molecule has 0 unspecified atom stereocenters. The van der Waals surface area contributed by atoms with E-state index in [1.165, 1.54) is 0 Å². The number of aliphatic hydroxyl groups excluding tert-OH is 2. The molecule has 11 nitrogen and oxygen atoms in total. The second kappa shape index (κ2) is 8.01. The number of hydrogen-bond acceptors (Lipinski definition) is 9. The molecule has 12 heteroatoms. The molecule has 28 heavy (non-hydrogen) atoms. The van der Waals surface area contributed by atoms with Gasteiger partial charge in [0.2, 0.25) is 0 Å². The number of nitrogens with one attached hydrogen (secondary N) is 1. The number of aliphatic hydroxyl groups is 2. The van der Waals surface area contributed by atoms with Gasteiger partial charge in [0.1, 0.15) is 25.1 Å². The third-order valence-electron chi connectivity index (χ3n) is 4.72. The Balaban J connectivity index is 2.22. The highest BCUT2D eigenvalue weighted by atomic mass is 19.2. The van der Waals surface area contributed by atoms with Crippen molar-refractivity contribution in [2.45, 2.75) is 43.7 Å². The summed E-state index contributed by atoms with van der Waals surface area (Å²) in [5.74, 6) is -3.27. The van der Waals surface area contributed by atoms with Crippen LogP contribution in [0.5, 0.6) is 0 Å². The lowest BCUT2D eigenvalue weighted by molar-refractivity contribution is -0.218. The number of H-pyrrole nitrogens is 1. The third kappa shape index (κ3) is 3.95. The second-order valence-corrected chi connectivity index (χ2v) is 6.98. The smallest absolute Gasteiger partial charge is 0.330 e. The maximum Gasteiger partial charge on any atom is 0.330 e. The number of carbonyl (C=O) groups is 2. The number of carbonyl (C=O) groups excluding carboxylic acids is 2. The molecule has 5 atom stereocenters. The van der Waals surface area contributed by atoms with Gasteiger partial charge in [-0.15, -0.1) is 0 Å². The molecule has 1 aliphatic heterocycles. The van der Waals surface area contributed by atoms with Gasteiger partial charge in [-0.3, -0.25) is 19.1 Å². The van der Waals surface area contributed by atoms with E-state index in [0.717, 1.165) is 6.20 Å². The minimum Gasteiger partial charge on any atom is -0.385 e. The molecule has 1 aromatic rings. The molecule has 0 aliphatic carbocycles. The number of alkyl halides is 1. The molecular weight excluding hydrogens is 381 g/mol. The first-order chi connectivity index (χ1) is 13.0. The summed E-state index contributed by atoms with van der Waals surface area (Å²) in [5.41, 5.74) is 1.92. The standard InChI is InChI=1S/C16H22FN3O8/c1-8(2)15(18,5-22)6-27-7-16(17)11(24)10(23)13(28-16)20-3-9(4-21)12(25)19-14(20)26/h3-5,8,10-11,13,23-24H,6-7,18H2,1-2H3,(H,19,25,26)/t10-,11+,13-,15+,16-/m1/s1. The molecule has 0 bridgehead atoms. The Bertz CT molecular complexity index is 855. The van der Waals surface area contributed by atoms with E-state index >= 15 is 4.39 Å². The molecule has 0 saturated carbocycles. The number of nitrogens with zero attached hydrogens (tertiary/aromatic N) is 1. The fraction of sp³-hybridized carbons (Fsp3) is 0.625. The molecule has 1 aromatic heterocycles. The van der Waals surface area contributed by atoms with Crippen LogP contribution in [0.25, 0.3) is 0 Å². The van der Waals surface area contributed by atoms with E-state index in [-0.39, 0.29) is 18.8 Å². The highest BCUT2D eigenvalue weighted by Crippen LogP contribution is 2.38. The first-order valence-electron chi connectivity index (χ1n) is 8.35. The topological polar surface area (TPSA) is 174 Å². The Morgan fingerprint density at radius 2 is 2.11 bits per heavy atom. The number of aldehydes is 2. The van der Waals surface area contributed by atoms with E-state index in [1.807, 2.05) is 4.98 Å². The minimum absolute atomic E-state index is 0.157. The maximum atomic E-state index is 15.0. The van der Waals surface area contributed by atoms with Crippen LogP contribution >= 0.6 is 0 Å². The van der Waals surface area contributed by atoms with Gasteiger partial charge in [0.05, 0.1) is 17.7 Å². The van der Waals surface area contributed by atoms with Crippen molar-refractivity contribution in [3.05, 3.63) is 32.6 Å². The largest absolute Gasteiger partial charge is 0.385 e. The van der Waals surface area contributed by atoms with Crippen molar-refractivity contribution in [2.75, 3.05) is 13.2 Å². The zero-order valence-corrected chi connectivity index (χ0v) is 15.2.